The first-order chi connectivity index (χ1) is 17.5. The molecular formula is C33H32FNO. The molecule has 3 heteroatoms. The highest BCUT2D eigenvalue weighted by atomic mass is 19.1. The van der Waals surface area contributed by atoms with Crippen molar-refractivity contribution in [3.05, 3.63) is 84.3 Å². The third-order valence-corrected chi connectivity index (χ3v) is 9.47. The van der Waals surface area contributed by atoms with E-state index < -0.39 is 0 Å². The standard InChI is InChI=1S/C33H32FNO/c1-20-11-25(8-10-32(20)36-33(2)27-13-21-12-22(15-27)16-28(33)14-21)26-7-9-31(35-19-26)29-17-23-5-3-4-6-24(23)18-30(29)34/h3-11,17-19,21-22,27-28H,12-16H2,1-2H3. The molecule has 1 heterocycles. The molecule has 4 aliphatic carbocycles. The number of rotatable bonds is 4. The van der Waals surface area contributed by atoms with E-state index in [0.29, 0.717) is 23.1 Å². The molecule has 0 saturated heterocycles. The first kappa shape index (κ1) is 22.0. The topological polar surface area (TPSA) is 22.1 Å². The van der Waals surface area contributed by atoms with Crippen LogP contribution in [0, 0.1) is 36.4 Å². The Morgan fingerprint density at radius 1 is 0.806 bits per heavy atom. The Kier molecular flexibility index (Phi) is 4.99. The van der Waals surface area contributed by atoms with E-state index in [1.54, 1.807) is 6.07 Å². The Labute approximate surface area is 212 Å². The fraction of sp³-hybridized carbons (Fsp3) is 0.364. The van der Waals surface area contributed by atoms with Gasteiger partial charge < -0.3 is 4.74 Å². The van der Waals surface area contributed by atoms with Gasteiger partial charge in [-0.05, 0) is 122 Å². The number of aryl methyl sites for hydroxylation is 1. The maximum atomic E-state index is 14.8. The summed E-state index contributed by atoms with van der Waals surface area (Å²) in [7, 11) is 0. The molecule has 4 aliphatic rings. The Hall–Kier alpha value is -3.20. The zero-order chi connectivity index (χ0) is 24.4. The molecule has 4 bridgehead atoms. The third-order valence-electron chi connectivity index (χ3n) is 9.47. The fourth-order valence-electron chi connectivity index (χ4n) is 7.60. The molecule has 0 N–H and O–H groups in total. The van der Waals surface area contributed by atoms with Gasteiger partial charge >= 0.3 is 0 Å². The van der Waals surface area contributed by atoms with Crippen LogP contribution in [0.4, 0.5) is 4.39 Å². The van der Waals surface area contributed by atoms with E-state index in [1.807, 2.05) is 48.7 Å². The van der Waals surface area contributed by atoms with Crippen LogP contribution in [-0.2, 0) is 0 Å². The molecule has 8 rings (SSSR count). The van der Waals surface area contributed by atoms with Gasteiger partial charge in [-0.1, -0.05) is 36.4 Å². The number of benzene rings is 3. The summed E-state index contributed by atoms with van der Waals surface area (Å²) in [6, 6.07) is 21.7. The molecule has 0 aliphatic heterocycles. The van der Waals surface area contributed by atoms with Gasteiger partial charge in [0.2, 0.25) is 0 Å². The van der Waals surface area contributed by atoms with Crippen LogP contribution in [-0.4, -0.2) is 10.6 Å². The Balaban J connectivity index is 1.14. The van der Waals surface area contributed by atoms with E-state index in [1.165, 1.54) is 32.1 Å². The molecule has 3 aromatic carbocycles. The van der Waals surface area contributed by atoms with Crippen LogP contribution in [0.15, 0.2) is 72.9 Å². The Bertz CT molecular complexity index is 1430. The number of hydrogen-bond acceptors (Lipinski definition) is 2. The van der Waals surface area contributed by atoms with Gasteiger partial charge in [-0.15, -0.1) is 0 Å². The quantitative estimate of drug-likeness (QED) is 0.293. The van der Waals surface area contributed by atoms with Crippen LogP contribution in [0.5, 0.6) is 5.75 Å². The monoisotopic (exact) mass is 477 g/mol. The van der Waals surface area contributed by atoms with Crippen molar-refractivity contribution in [3.63, 3.8) is 0 Å². The van der Waals surface area contributed by atoms with E-state index in [-0.39, 0.29) is 11.4 Å². The zero-order valence-corrected chi connectivity index (χ0v) is 21.0. The molecule has 1 aromatic heterocycles. The van der Waals surface area contributed by atoms with E-state index in [4.69, 9.17) is 4.74 Å². The number of ether oxygens (including phenoxy) is 1. The minimum atomic E-state index is -0.246. The summed E-state index contributed by atoms with van der Waals surface area (Å²) < 4.78 is 21.7. The molecule has 0 radical (unpaired) electrons. The molecule has 0 atom stereocenters. The first-order valence-electron chi connectivity index (χ1n) is 13.4. The van der Waals surface area contributed by atoms with Crippen LogP contribution >= 0.6 is 0 Å². The van der Waals surface area contributed by atoms with Crippen LogP contribution in [0.1, 0.15) is 44.6 Å². The Morgan fingerprint density at radius 3 is 2.11 bits per heavy atom. The largest absolute Gasteiger partial charge is 0.487 e. The van der Waals surface area contributed by atoms with Crippen LogP contribution < -0.4 is 4.74 Å². The van der Waals surface area contributed by atoms with Gasteiger partial charge in [-0.3, -0.25) is 4.98 Å². The highest BCUT2D eigenvalue weighted by molar-refractivity contribution is 5.87. The minimum Gasteiger partial charge on any atom is -0.487 e. The van der Waals surface area contributed by atoms with E-state index >= 15 is 0 Å². The van der Waals surface area contributed by atoms with Crippen molar-refractivity contribution in [2.45, 2.75) is 51.6 Å². The third kappa shape index (κ3) is 3.55. The Morgan fingerprint density at radius 2 is 1.47 bits per heavy atom. The van der Waals surface area contributed by atoms with Gasteiger partial charge in [0.05, 0.1) is 5.69 Å². The van der Waals surface area contributed by atoms with Crippen molar-refractivity contribution in [1.82, 2.24) is 4.98 Å². The van der Waals surface area contributed by atoms with Crippen molar-refractivity contribution in [1.29, 1.82) is 0 Å². The lowest BCUT2D eigenvalue weighted by Gasteiger charge is -2.59. The summed E-state index contributed by atoms with van der Waals surface area (Å²) in [5.41, 5.74) is 4.43. The summed E-state index contributed by atoms with van der Waals surface area (Å²) in [5, 5.41) is 1.91. The second-order valence-corrected chi connectivity index (χ2v) is 11.7. The first-order valence-corrected chi connectivity index (χ1v) is 13.4. The van der Waals surface area contributed by atoms with E-state index in [9.17, 15) is 4.39 Å². The second-order valence-electron chi connectivity index (χ2n) is 11.7. The SMILES string of the molecule is Cc1cc(-c2ccc(-c3cc4ccccc4cc3F)nc2)ccc1OC1(C)C2CC3CC(C2)CC1C3. The average molecular weight is 478 g/mol. The lowest BCUT2D eigenvalue weighted by molar-refractivity contribution is -0.145. The predicted octanol–water partition coefficient (Wildman–Crippen LogP) is 8.61. The zero-order valence-electron chi connectivity index (χ0n) is 21.0. The highest BCUT2D eigenvalue weighted by Gasteiger charge is 2.56. The van der Waals surface area contributed by atoms with Crippen LogP contribution in [0.3, 0.4) is 0 Å². The van der Waals surface area contributed by atoms with Gasteiger partial charge in [-0.25, -0.2) is 4.39 Å². The minimum absolute atomic E-state index is 0.0349. The van der Waals surface area contributed by atoms with Gasteiger partial charge in [0.15, 0.2) is 0 Å². The molecule has 182 valence electrons. The lowest BCUT2D eigenvalue weighted by Crippen LogP contribution is -2.59. The molecule has 0 amide bonds. The summed E-state index contributed by atoms with van der Waals surface area (Å²) in [6.45, 7) is 4.52. The normalized spacial score (nSPS) is 28.5. The fourth-order valence-corrected chi connectivity index (χ4v) is 7.60. The van der Waals surface area contributed by atoms with Crippen molar-refractivity contribution >= 4 is 10.8 Å². The van der Waals surface area contributed by atoms with Gasteiger partial charge in [0.25, 0.3) is 0 Å². The van der Waals surface area contributed by atoms with Crippen molar-refractivity contribution in [3.8, 4) is 28.1 Å². The maximum absolute atomic E-state index is 14.8. The second kappa shape index (κ2) is 8.16. The van der Waals surface area contributed by atoms with Crippen molar-refractivity contribution in [2.24, 2.45) is 23.7 Å². The summed E-state index contributed by atoms with van der Waals surface area (Å²) >= 11 is 0. The van der Waals surface area contributed by atoms with Crippen molar-refractivity contribution in [2.75, 3.05) is 0 Å². The predicted molar refractivity (Wildman–Crippen MR) is 143 cm³/mol. The molecule has 4 aromatic rings. The molecule has 36 heavy (non-hydrogen) atoms. The number of hydrogen-bond donors (Lipinski definition) is 0. The molecule has 4 saturated carbocycles. The molecular weight excluding hydrogens is 445 g/mol. The summed E-state index contributed by atoms with van der Waals surface area (Å²) in [4.78, 5) is 4.63. The number of fused-ring (bicyclic) bond motifs is 1. The van der Waals surface area contributed by atoms with Crippen LogP contribution in [0.25, 0.3) is 33.2 Å². The summed E-state index contributed by atoms with van der Waals surface area (Å²) in [5.74, 6) is 4.03. The smallest absolute Gasteiger partial charge is 0.133 e. The number of halogens is 1. The maximum Gasteiger partial charge on any atom is 0.133 e. The average Bonchev–Trinajstić information content (AvgIpc) is 2.88. The van der Waals surface area contributed by atoms with Gasteiger partial charge in [0, 0.05) is 17.3 Å². The highest BCUT2D eigenvalue weighted by Crippen LogP contribution is 2.59. The lowest BCUT2D eigenvalue weighted by atomic mass is 9.50. The number of nitrogens with zero attached hydrogens (tertiary/aromatic N) is 1. The van der Waals surface area contributed by atoms with E-state index in [0.717, 1.165) is 45.0 Å². The van der Waals surface area contributed by atoms with Gasteiger partial charge in [0.1, 0.15) is 17.2 Å². The summed E-state index contributed by atoms with van der Waals surface area (Å²) in [6.07, 6.45) is 8.68. The number of aromatic nitrogens is 1. The van der Waals surface area contributed by atoms with E-state index in [2.05, 4.69) is 37.0 Å². The van der Waals surface area contributed by atoms with Gasteiger partial charge in [-0.2, -0.15) is 0 Å². The molecule has 0 unspecified atom stereocenters. The molecule has 0 spiro atoms. The number of pyridine rings is 1. The van der Waals surface area contributed by atoms with Crippen LogP contribution in [0.2, 0.25) is 0 Å². The molecule has 4 fully saturated rings. The molecule has 2 nitrogen and oxygen atoms in total. The van der Waals surface area contributed by atoms with Crippen molar-refractivity contribution < 1.29 is 9.13 Å².